The van der Waals surface area contributed by atoms with Crippen LogP contribution in [0, 0.1) is 6.92 Å². The molecule has 1 aromatic heterocycles. The van der Waals surface area contributed by atoms with Crippen molar-refractivity contribution >= 4 is 5.82 Å². The molecule has 1 N–H and O–H groups in total. The number of pyridine rings is 1. The van der Waals surface area contributed by atoms with Gasteiger partial charge < -0.3 is 5.32 Å². The van der Waals surface area contributed by atoms with E-state index in [0.29, 0.717) is 0 Å². The summed E-state index contributed by atoms with van der Waals surface area (Å²) in [5, 5.41) is 3.39. The van der Waals surface area contributed by atoms with Crippen molar-refractivity contribution < 1.29 is 0 Å². The van der Waals surface area contributed by atoms with Crippen LogP contribution in [0.5, 0.6) is 0 Å². The molecule has 0 aliphatic carbocycles. The molecule has 0 fully saturated rings. The molecule has 0 saturated carbocycles. The van der Waals surface area contributed by atoms with Crippen molar-refractivity contribution in [1.29, 1.82) is 0 Å². The van der Waals surface area contributed by atoms with Gasteiger partial charge >= 0.3 is 0 Å². The van der Waals surface area contributed by atoms with E-state index in [4.69, 9.17) is 0 Å². The van der Waals surface area contributed by atoms with E-state index in [0.717, 1.165) is 18.1 Å². The minimum Gasteiger partial charge on any atom is -0.370 e. The summed E-state index contributed by atoms with van der Waals surface area (Å²) >= 11 is 0. The van der Waals surface area contributed by atoms with Crippen molar-refractivity contribution in [1.82, 2.24) is 4.98 Å². The maximum atomic E-state index is 4.43. The largest absolute Gasteiger partial charge is 0.370 e. The summed E-state index contributed by atoms with van der Waals surface area (Å²) in [4.78, 5) is 4.43. The highest BCUT2D eigenvalue weighted by molar-refractivity contribution is 5.34. The van der Waals surface area contributed by atoms with Crippen LogP contribution in [0.15, 0.2) is 18.2 Å². The molecule has 0 atom stereocenters. The van der Waals surface area contributed by atoms with Gasteiger partial charge in [0.25, 0.3) is 0 Å². The second-order valence-electron chi connectivity index (χ2n) is 5.07. The molecule has 1 rings (SSSR count). The average molecular weight is 248 g/mol. The number of aromatic nitrogens is 1. The molecule has 0 aliphatic heterocycles. The molecule has 1 heterocycles. The summed E-state index contributed by atoms with van der Waals surface area (Å²) in [5.41, 5.74) is 1.08. The Labute approximate surface area is 112 Å². The lowest BCUT2D eigenvalue weighted by Gasteiger charge is -2.06. The SMILES string of the molecule is CCCCCCCCCCNc1cccc(C)n1. The molecular formula is C16H28N2. The summed E-state index contributed by atoms with van der Waals surface area (Å²) in [5.74, 6) is 1.01. The highest BCUT2D eigenvalue weighted by Crippen LogP contribution is 2.09. The first kappa shape index (κ1) is 15.0. The lowest BCUT2D eigenvalue weighted by molar-refractivity contribution is 0.581. The van der Waals surface area contributed by atoms with E-state index in [1.807, 2.05) is 19.1 Å². The second-order valence-corrected chi connectivity index (χ2v) is 5.07. The van der Waals surface area contributed by atoms with Gasteiger partial charge in [-0.25, -0.2) is 4.98 Å². The van der Waals surface area contributed by atoms with Crippen molar-refractivity contribution in [2.75, 3.05) is 11.9 Å². The van der Waals surface area contributed by atoms with Gasteiger partial charge in [0.1, 0.15) is 5.82 Å². The highest BCUT2D eigenvalue weighted by Gasteiger charge is 1.94. The van der Waals surface area contributed by atoms with Crippen molar-refractivity contribution in [3.63, 3.8) is 0 Å². The quantitative estimate of drug-likeness (QED) is 0.593. The zero-order valence-electron chi connectivity index (χ0n) is 12.0. The molecule has 1 aromatic rings. The fraction of sp³-hybridized carbons (Fsp3) is 0.688. The van der Waals surface area contributed by atoms with Gasteiger partial charge in [0.2, 0.25) is 0 Å². The molecule has 0 amide bonds. The van der Waals surface area contributed by atoms with Gasteiger partial charge in [-0.15, -0.1) is 0 Å². The first-order chi connectivity index (χ1) is 8.83. The molecule has 0 saturated heterocycles. The lowest BCUT2D eigenvalue weighted by atomic mass is 10.1. The Hall–Kier alpha value is -1.05. The van der Waals surface area contributed by atoms with E-state index < -0.39 is 0 Å². The molecular weight excluding hydrogens is 220 g/mol. The van der Waals surface area contributed by atoms with Gasteiger partial charge in [-0.2, -0.15) is 0 Å². The van der Waals surface area contributed by atoms with Crippen molar-refractivity contribution in [3.8, 4) is 0 Å². The third kappa shape index (κ3) is 7.31. The van der Waals surface area contributed by atoms with Crippen LogP contribution in [0.2, 0.25) is 0 Å². The predicted octanol–water partition coefficient (Wildman–Crippen LogP) is 4.94. The van der Waals surface area contributed by atoms with Gasteiger partial charge in [-0.05, 0) is 25.5 Å². The Morgan fingerprint density at radius 2 is 1.61 bits per heavy atom. The van der Waals surface area contributed by atoms with E-state index in [1.54, 1.807) is 0 Å². The number of rotatable bonds is 10. The first-order valence-electron chi connectivity index (χ1n) is 7.50. The Morgan fingerprint density at radius 3 is 2.28 bits per heavy atom. The van der Waals surface area contributed by atoms with Crippen LogP contribution in [0.25, 0.3) is 0 Å². The minimum atomic E-state index is 1.01. The third-order valence-electron chi connectivity index (χ3n) is 3.22. The Kier molecular flexibility index (Phi) is 8.28. The molecule has 0 bridgehead atoms. The van der Waals surface area contributed by atoms with E-state index >= 15 is 0 Å². The summed E-state index contributed by atoms with van der Waals surface area (Å²) in [6, 6.07) is 6.12. The van der Waals surface area contributed by atoms with Crippen molar-refractivity contribution in [2.45, 2.75) is 65.2 Å². The number of nitrogens with zero attached hydrogens (tertiary/aromatic N) is 1. The molecule has 18 heavy (non-hydrogen) atoms. The Morgan fingerprint density at radius 1 is 0.944 bits per heavy atom. The zero-order valence-corrected chi connectivity index (χ0v) is 12.0. The van der Waals surface area contributed by atoms with Crippen LogP contribution in [0.4, 0.5) is 5.82 Å². The predicted molar refractivity (Wildman–Crippen MR) is 80.1 cm³/mol. The lowest BCUT2D eigenvalue weighted by Crippen LogP contribution is -2.03. The van der Waals surface area contributed by atoms with E-state index in [9.17, 15) is 0 Å². The maximum Gasteiger partial charge on any atom is 0.126 e. The second kappa shape index (κ2) is 9.93. The average Bonchev–Trinajstić information content (AvgIpc) is 2.37. The fourth-order valence-corrected chi connectivity index (χ4v) is 2.12. The first-order valence-corrected chi connectivity index (χ1v) is 7.50. The van der Waals surface area contributed by atoms with Gasteiger partial charge in [0, 0.05) is 12.2 Å². The minimum absolute atomic E-state index is 1.01. The number of nitrogens with one attached hydrogen (secondary N) is 1. The van der Waals surface area contributed by atoms with E-state index in [-0.39, 0.29) is 0 Å². The smallest absolute Gasteiger partial charge is 0.126 e. The summed E-state index contributed by atoms with van der Waals surface area (Å²) in [6.07, 6.45) is 11.0. The van der Waals surface area contributed by atoms with Crippen LogP contribution >= 0.6 is 0 Å². The molecule has 102 valence electrons. The topological polar surface area (TPSA) is 24.9 Å². The third-order valence-corrected chi connectivity index (χ3v) is 3.22. The summed E-state index contributed by atoms with van der Waals surface area (Å²) in [6.45, 7) is 5.35. The monoisotopic (exact) mass is 248 g/mol. The number of unbranched alkanes of at least 4 members (excludes halogenated alkanes) is 7. The molecule has 0 aromatic carbocycles. The Balaban J connectivity index is 1.92. The van der Waals surface area contributed by atoms with Gasteiger partial charge in [-0.1, -0.05) is 57.9 Å². The maximum absolute atomic E-state index is 4.43. The molecule has 2 nitrogen and oxygen atoms in total. The number of aryl methyl sites for hydroxylation is 1. The van der Waals surface area contributed by atoms with Gasteiger partial charge in [-0.3, -0.25) is 0 Å². The van der Waals surface area contributed by atoms with Gasteiger partial charge in [0.05, 0.1) is 0 Å². The van der Waals surface area contributed by atoms with E-state index in [2.05, 4.69) is 23.3 Å². The van der Waals surface area contributed by atoms with Crippen molar-refractivity contribution in [3.05, 3.63) is 23.9 Å². The zero-order chi connectivity index (χ0) is 13.1. The summed E-state index contributed by atoms with van der Waals surface area (Å²) < 4.78 is 0. The molecule has 0 spiro atoms. The van der Waals surface area contributed by atoms with Gasteiger partial charge in [0.15, 0.2) is 0 Å². The van der Waals surface area contributed by atoms with Crippen LogP contribution in [0.3, 0.4) is 0 Å². The normalized spacial score (nSPS) is 10.6. The molecule has 0 aliphatic rings. The molecule has 0 radical (unpaired) electrons. The standard InChI is InChI=1S/C16H28N2/c1-3-4-5-6-7-8-9-10-14-17-16-13-11-12-15(2)18-16/h11-13H,3-10,14H2,1-2H3,(H,17,18). The van der Waals surface area contributed by atoms with Crippen LogP contribution in [-0.4, -0.2) is 11.5 Å². The van der Waals surface area contributed by atoms with Crippen LogP contribution in [-0.2, 0) is 0 Å². The molecule has 0 unspecified atom stereocenters. The number of anilines is 1. The van der Waals surface area contributed by atoms with Crippen LogP contribution < -0.4 is 5.32 Å². The fourth-order valence-electron chi connectivity index (χ4n) is 2.12. The molecule has 2 heteroatoms. The van der Waals surface area contributed by atoms with E-state index in [1.165, 1.54) is 51.4 Å². The highest BCUT2D eigenvalue weighted by atomic mass is 15.0. The van der Waals surface area contributed by atoms with Crippen LogP contribution in [0.1, 0.15) is 64.0 Å². The van der Waals surface area contributed by atoms with Crippen molar-refractivity contribution in [2.24, 2.45) is 0 Å². The Bertz CT molecular complexity index is 310. The number of hydrogen-bond acceptors (Lipinski definition) is 2. The number of hydrogen-bond donors (Lipinski definition) is 1. The summed E-state index contributed by atoms with van der Waals surface area (Å²) in [7, 11) is 0.